The van der Waals surface area contributed by atoms with E-state index in [-0.39, 0.29) is 23.8 Å². The Morgan fingerprint density at radius 3 is 2.86 bits per heavy atom. The van der Waals surface area contributed by atoms with Gasteiger partial charge in [0.15, 0.2) is 0 Å². The number of aromatic nitrogens is 1. The summed E-state index contributed by atoms with van der Waals surface area (Å²) in [7, 11) is 0. The molecule has 0 bridgehead atoms. The van der Waals surface area contributed by atoms with Crippen LogP contribution < -0.4 is 5.32 Å². The summed E-state index contributed by atoms with van der Waals surface area (Å²) in [5.74, 6) is -2.10. The van der Waals surface area contributed by atoms with Gasteiger partial charge in [0.1, 0.15) is 17.7 Å². The monoisotopic (exact) mass is 311 g/mol. The average molecular weight is 312 g/mol. The SMILES string of the molecule is CCc1cc(C(=O)N2CC(=O)NCC2C(=O)O)cc(Cl)n1. The van der Waals surface area contributed by atoms with E-state index in [1.165, 1.54) is 6.07 Å². The summed E-state index contributed by atoms with van der Waals surface area (Å²) < 4.78 is 0. The van der Waals surface area contributed by atoms with Gasteiger partial charge in [-0.3, -0.25) is 9.59 Å². The van der Waals surface area contributed by atoms with Gasteiger partial charge in [-0.15, -0.1) is 0 Å². The lowest BCUT2D eigenvalue weighted by molar-refractivity contribution is -0.144. The molecule has 1 aliphatic heterocycles. The average Bonchev–Trinajstić information content (AvgIpc) is 2.45. The first-order valence-corrected chi connectivity index (χ1v) is 6.77. The molecule has 2 amide bonds. The highest BCUT2D eigenvalue weighted by Crippen LogP contribution is 2.16. The summed E-state index contributed by atoms with van der Waals surface area (Å²) in [5.41, 5.74) is 0.854. The predicted molar refractivity (Wildman–Crippen MR) is 74.1 cm³/mol. The van der Waals surface area contributed by atoms with E-state index in [1.54, 1.807) is 6.07 Å². The second kappa shape index (κ2) is 6.09. The molecule has 2 N–H and O–H groups in total. The van der Waals surface area contributed by atoms with Gasteiger partial charge in [-0.25, -0.2) is 9.78 Å². The first-order chi connectivity index (χ1) is 9.92. The van der Waals surface area contributed by atoms with Crippen molar-refractivity contribution in [3.63, 3.8) is 0 Å². The van der Waals surface area contributed by atoms with Crippen molar-refractivity contribution in [2.45, 2.75) is 19.4 Å². The highest BCUT2D eigenvalue weighted by molar-refractivity contribution is 6.29. The van der Waals surface area contributed by atoms with Crippen molar-refractivity contribution in [3.8, 4) is 0 Å². The van der Waals surface area contributed by atoms with Crippen LogP contribution in [0.2, 0.25) is 5.15 Å². The second-order valence-electron chi connectivity index (χ2n) is 4.61. The number of rotatable bonds is 3. The van der Waals surface area contributed by atoms with Crippen molar-refractivity contribution in [2.24, 2.45) is 0 Å². The number of carbonyl (C=O) groups excluding carboxylic acids is 2. The van der Waals surface area contributed by atoms with Crippen molar-refractivity contribution in [1.82, 2.24) is 15.2 Å². The molecular formula is C13H14ClN3O4. The van der Waals surface area contributed by atoms with E-state index in [1.807, 2.05) is 6.92 Å². The van der Waals surface area contributed by atoms with Crippen LogP contribution in [0.15, 0.2) is 12.1 Å². The van der Waals surface area contributed by atoms with Crippen LogP contribution in [0.1, 0.15) is 23.0 Å². The normalized spacial score (nSPS) is 18.3. The smallest absolute Gasteiger partial charge is 0.328 e. The summed E-state index contributed by atoms with van der Waals surface area (Å²) in [6, 6.07) is 1.83. The third kappa shape index (κ3) is 3.30. The maximum Gasteiger partial charge on any atom is 0.328 e. The van der Waals surface area contributed by atoms with Crippen molar-refractivity contribution in [3.05, 3.63) is 28.5 Å². The molecule has 0 radical (unpaired) electrons. The number of carboxylic acid groups (broad SMARTS) is 1. The molecule has 1 atom stereocenters. The van der Waals surface area contributed by atoms with Crippen LogP contribution in [0.4, 0.5) is 0 Å². The summed E-state index contributed by atoms with van der Waals surface area (Å²) in [4.78, 5) is 40.2. The second-order valence-corrected chi connectivity index (χ2v) is 5.00. The Kier molecular flexibility index (Phi) is 4.42. The van der Waals surface area contributed by atoms with Crippen LogP contribution in [0.25, 0.3) is 0 Å². The Morgan fingerprint density at radius 2 is 2.24 bits per heavy atom. The van der Waals surface area contributed by atoms with Crippen LogP contribution in [0.5, 0.6) is 0 Å². The first-order valence-electron chi connectivity index (χ1n) is 6.39. The molecule has 1 unspecified atom stereocenters. The highest BCUT2D eigenvalue weighted by atomic mass is 35.5. The van der Waals surface area contributed by atoms with Crippen LogP contribution in [-0.4, -0.2) is 51.9 Å². The number of nitrogens with zero attached hydrogens (tertiary/aromatic N) is 2. The number of hydrogen-bond donors (Lipinski definition) is 2. The quantitative estimate of drug-likeness (QED) is 0.783. The summed E-state index contributed by atoms with van der Waals surface area (Å²) in [5, 5.41) is 11.8. The fraction of sp³-hybridized carbons (Fsp3) is 0.385. The van der Waals surface area contributed by atoms with Gasteiger partial charge in [0.05, 0.1) is 0 Å². The molecule has 1 aliphatic rings. The van der Waals surface area contributed by atoms with Gasteiger partial charge < -0.3 is 15.3 Å². The fourth-order valence-electron chi connectivity index (χ4n) is 2.10. The zero-order valence-corrected chi connectivity index (χ0v) is 12.1. The summed E-state index contributed by atoms with van der Waals surface area (Å²) >= 11 is 5.86. The minimum absolute atomic E-state index is 0.112. The number of aliphatic carboxylic acids is 1. The maximum absolute atomic E-state index is 12.5. The van der Waals surface area contributed by atoms with Gasteiger partial charge in [-0.1, -0.05) is 18.5 Å². The molecule has 0 saturated carbocycles. The number of hydrogen-bond acceptors (Lipinski definition) is 4. The Bertz CT molecular complexity index is 605. The largest absolute Gasteiger partial charge is 0.480 e. The standard InChI is InChI=1S/C13H14ClN3O4/c1-2-8-3-7(4-10(14)16-8)12(19)17-6-11(18)15-5-9(17)13(20)21/h3-4,9H,2,5-6H2,1H3,(H,15,18)(H,20,21). The number of carbonyl (C=O) groups is 3. The Hall–Kier alpha value is -2.15. The molecule has 2 rings (SSSR count). The van der Waals surface area contributed by atoms with Crippen molar-refractivity contribution >= 4 is 29.4 Å². The lowest BCUT2D eigenvalue weighted by Crippen LogP contribution is -2.59. The molecule has 21 heavy (non-hydrogen) atoms. The third-order valence-electron chi connectivity index (χ3n) is 3.18. The highest BCUT2D eigenvalue weighted by Gasteiger charge is 2.35. The van der Waals surface area contributed by atoms with Crippen LogP contribution in [0.3, 0.4) is 0 Å². The number of nitrogens with one attached hydrogen (secondary N) is 1. The molecular weight excluding hydrogens is 298 g/mol. The lowest BCUT2D eigenvalue weighted by atomic mass is 10.1. The van der Waals surface area contributed by atoms with Gasteiger partial charge in [0, 0.05) is 17.8 Å². The minimum atomic E-state index is -1.17. The van der Waals surface area contributed by atoms with Gasteiger partial charge in [-0.2, -0.15) is 0 Å². The number of aryl methyl sites for hydroxylation is 1. The lowest BCUT2D eigenvalue weighted by Gasteiger charge is -2.32. The topological polar surface area (TPSA) is 99.6 Å². The Labute approximate surface area is 125 Å². The first kappa shape index (κ1) is 15.2. The molecule has 1 fully saturated rings. The molecule has 7 nitrogen and oxygen atoms in total. The molecule has 1 saturated heterocycles. The van der Waals surface area contributed by atoms with E-state index in [0.717, 1.165) is 4.90 Å². The van der Waals surface area contributed by atoms with Crippen molar-refractivity contribution in [1.29, 1.82) is 0 Å². The Morgan fingerprint density at radius 1 is 1.52 bits per heavy atom. The molecule has 1 aromatic rings. The molecule has 0 aliphatic carbocycles. The summed E-state index contributed by atoms with van der Waals surface area (Å²) in [6.07, 6.45) is 0.587. The van der Waals surface area contributed by atoms with E-state index in [4.69, 9.17) is 16.7 Å². The van der Waals surface area contributed by atoms with Crippen molar-refractivity contribution in [2.75, 3.05) is 13.1 Å². The minimum Gasteiger partial charge on any atom is -0.480 e. The molecule has 0 aromatic carbocycles. The summed E-state index contributed by atoms with van der Waals surface area (Å²) in [6.45, 7) is 1.46. The predicted octanol–water partition coefficient (Wildman–Crippen LogP) is 0.323. The molecule has 8 heteroatoms. The zero-order chi connectivity index (χ0) is 15.6. The maximum atomic E-state index is 12.5. The number of carboxylic acids is 1. The molecule has 1 aromatic heterocycles. The van der Waals surface area contributed by atoms with E-state index in [0.29, 0.717) is 12.1 Å². The molecule has 0 spiro atoms. The van der Waals surface area contributed by atoms with Crippen molar-refractivity contribution < 1.29 is 19.5 Å². The van der Waals surface area contributed by atoms with E-state index < -0.39 is 23.8 Å². The van der Waals surface area contributed by atoms with Gasteiger partial charge in [0.25, 0.3) is 5.91 Å². The van der Waals surface area contributed by atoms with E-state index in [9.17, 15) is 14.4 Å². The van der Waals surface area contributed by atoms with Gasteiger partial charge in [0.2, 0.25) is 5.91 Å². The van der Waals surface area contributed by atoms with Gasteiger partial charge in [-0.05, 0) is 18.6 Å². The van der Waals surface area contributed by atoms with Crippen LogP contribution >= 0.6 is 11.6 Å². The fourth-order valence-corrected chi connectivity index (χ4v) is 2.32. The molecule has 112 valence electrons. The third-order valence-corrected chi connectivity index (χ3v) is 3.38. The van der Waals surface area contributed by atoms with E-state index >= 15 is 0 Å². The zero-order valence-electron chi connectivity index (χ0n) is 11.3. The number of piperazine rings is 1. The van der Waals surface area contributed by atoms with E-state index in [2.05, 4.69) is 10.3 Å². The van der Waals surface area contributed by atoms with Gasteiger partial charge >= 0.3 is 5.97 Å². The Balaban J connectivity index is 2.34. The number of amides is 2. The number of halogens is 1. The molecule has 2 heterocycles. The number of pyridine rings is 1. The van der Waals surface area contributed by atoms with Crippen LogP contribution in [-0.2, 0) is 16.0 Å². The van der Waals surface area contributed by atoms with Crippen LogP contribution in [0, 0.1) is 0 Å².